The highest BCUT2D eigenvalue weighted by Gasteiger charge is 2.27. The molecule has 4 nitrogen and oxygen atoms in total. The lowest BCUT2D eigenvalue weighted by molar-refractivity contribution is -0.124. The molecule has 0 saturated carbocycles. The first-order valence-corrected chi connectivity index (χ1v) is 5.89. The van der Waals surface area contributed by atoms with Crippen molar-refractivity contribution in [1.82, 2.24) is 9.88 Å². The zero-order valence-corrected chi connectivity index (χ0v) is 10.3. The summed E-state index contributed by atoms with van der Waals surface area (Å²) in [7, 11) is 0. The van der Waals surface area contributed by atoms with E-state index < -0.39 is 0 Å². The summed E-state index contributed by atoms with van der Waals surface area (Å²) in [6.07, 6.45) is 1.88. The van der Waals surface area contributed by atoms with E-state index in [1.807, 2.05) is 6.92 Å². The normalized spacial score (nSPS) is 20.5. The molecular formula is C12H13ClN2O2. The van der Waals surface area contributed by atoms with Gasteiger partial charge in [-0.1, -0.05) is 18.5 Å². The quantitative estimate of drug-likeness (QED) is 0.766. The van der Waals surface area contributed by atoms with Crippen molar-refractivity contribution in [3.63, 3.8) is 0 Å². The molecule has 1 fully saturated rings. The Morgan fingerprint density at radius 1 is 1.53 bits per heavy atom. The molecule has 90 valence electrons. The molecule has 1 unspecified atom stereocenters. The Hall–Kier alpha value is -1.42. The third-order valence-electron chi connectivity index (χ3n) is 2.91. The van der Waals surface area contributed by atoms with Crippen LogP contribution in [0.3, 0.4) is 0 Å². The van der Waals surface area contributed by atoms with Crippen molar-refractivity contribution in [3.05, 3.63) is 29.0 Å². The van der Waals surface area contributed by atoms with E-state index >= 15 is 0 Å². The summed E-state index contributed by atoms with van der Waals surface area (Å²) in [5.74, 6) is -0.000804. The molecule has 2 heterocycles. The van der Waals surface area contributed by atoms with E-state index in [0.29, 0.717) is 30.2 Å². The van der Waals surface area contributed by atoms with Gasteiger partial charge in [-0.25, -0.2) is 4.98 Å². The highest BCUT2D eigenvalue weighted by Crippen LogP contribution is 2.15. The predicted octanol–water partition coefficient (Wildman–Crippen LogP) is 1.79. The van der Waals surface area contributed by atoms with E-state index in [1.54, 1.807) is 17.0 Å². The Kier molecular flexibility index (Phi) is 3.43. The van der Waals surface area contributed by atoms with Gasteiger partial charge < -0.3 is 4.90 Å². The summed E-state index contributed by atoms with van der Waals surface area (Å²) in [5.41, 5.74) is 0.371. The smallest absolute Gasteiger partial charge is 0.272 e. The van der Waals surface area contributed by atoms with E-state index in [4.69, 9.17) is 11.6 Å². The van der Waals surface area contributed by atoms with Crippen LogP contribution in [0.15, 0.2) is 18.3 Å². The van der Waals surface area contributed by atoms with E-state index in [0.717, 1.165) is 0 Å². The maximum atomic E-state index is 12.1. The van der Waals surface area contributed by atoms with Crippen LogP contribution in [0.1, 0.15) is 23.8 Å². The van der Waals surface area contributed by atoms with Gasteiger partial charge in [-0.3, -0.25) is 9.59 Å². The number of amides is 1. The molecule has 2 rings (SSSR count). The van der Waals surface area contributed by atoms with Gasteiger partial charge >= 0.3 is 0 Å². The topological polar surface area (TPSA) is 50.3 Å². The maximum absolute atomic E-state index is 12.1. The fourth-order valence-corrected chi connectivity index (χ4v) is 1.98. The number of hydrogen-bond donors (Lipinski definition) is 0. The Labute approximate surface area is 105 Å². The predicted molar refractivity (Wildman–Crippen MR) is 63.9 cm³/mol. The van der Waals surface area contributed by atoms with Gasteiger partial charge in [0.15, 0.2) is 0 Å². The summed E-state index contributed by atoms with van der Waals surface area (Å²) in [6, 6.07) is 3.24. The second-order valence-electron chi connectivity index (χ2n) is 4.23. The number of halogens is 1. The molecule has 0 N–H and O–H groups in total. The number of hydrogen-bond acceptors (Lipinski definition) is 3. The molecule has 1 amide bonds. The van der Waals surface area contributed by atoms with Crippen LogP contribution in [0.5, 0.6) is 0 Å². The van der Waals surface area contributed by atoms with Crippen LogP contribution in [0.4, 0.5) is 0 Å². The minimum absolute atomic E-state index is 0.0833. The van der Waals surface area contributed by atoms with Crippen molar-refractivity contribution in [3.8, 4) is 0 Å². The molecule has 1 aliphatic heterocycles. The van der Waals surface area contributed by atoms with E-state index in [1.165, 1.54) is 6.20 Å². The Balaban J connectivity index is 2.10. The van der Waals surface area contributed by atoms with Crippen LogP contribution >= 0.6 is 11.6 Å². The van der Waals surface area contributed by atoms with E-state index in [9.17, 15) is 9.59 Å². The van der Waals surface area contributed by atoms with Crippen LogP contribution in [0.2, 0.25) is 5.02 Å². The molecule has 0 radical (unpaired) electrons. The van der Waals surface area contributed by atoms with Gasteiger partial charge in [0.2, 0.25) is 0 Å². The SMILES string of the molecule is CC1CN(C(=O)c2ccc(Cl)cn2)CCC1=O. The largest absolute Gasteiger partial charge is 0.336 e. The van der Waals surface area contributed by atoms with Gasteiger partial charge in [-0.05, 0) is 12.1 Å². The molecule has 0 aromatic carbocycles. The lowest BCUT2D eigenvalue weighted by atomic mass is 9.98. The van der Waals surface area contributed by atoms with Crippen molar-refractivity contribution >= 4 is 23.3 Å². The van der Waals surface area contributed by atoms with E-state index in [-0.39, 0.29) is 17.6 Å². The molecule has 5 heteroatoms. The first kappa shape index (κ1) is 12.0. The number of aromatic nitrogens is 1. The number of rotatable bonds is 1. The number of piperidine rings is 1. The van der Waals surface area contributed by atoms with Crippen LogP contribution in [-0.4, -0.2) is 34.7 Å². The first-order valence-electron chi connectivity index (χ1n) is 5.51. The third-order valence-corrected chi connectivity index (χ3v) is 3.13. The van der Waals surface area contributed by atoms with Gasteiger partial charge in [-0.15, -0.1) is 0 Å². The number of carbonyl (C=O) groups is 2. The number of nitrogens with zero attached hydrogens (tertiary/aromatic N) is 2. The monoisotopic (exact) mass is 252 g/mol. The number of carbonyl (C=O) groups excluding carboxylic acids is 2. The van der Waals surface area contributed by atoms with Crippen LogP contribution in [-0.2, 0) is 4.79 Å². The number of pyridine rings is 1. The lowest BCUT2D eigenvalue weighted by Crippen LogP contribution is -2.43. The summed E-state index contributed by atoms with van der Waals surface area (Å²) in [4.78, 5) is 29.1. The van der Waals surface area contributed by atoms with Crippen LogP contribution in [0.25, 0.3) is 0 Å². The van der Waals surface area contributed by atoms with Crippen LogP contribution in [0, 0.1) is 5.92 Å². The summed E-state index contributed by atoms with van der Waals surface area (Å²) >= 11 is 5.71. The Morgan fingerprint density at radius 2 is 2.29 bits per heavy atom. The van der Waals surface area contributed by atoms with Crippen molar-refractivity contribution in [2.24, 2.45) is 5.92 Å². The fourth-order valence-electron chi connectivity index (χ4n) is 1.86. The summed E-state index contributed by atoms with van der Waals surface area (Å²) in [6.45, 7) is 2.80. The average Bonchev–Trinajstić information content (AvgIpc) is 2.33. The molecule has 1 aromatic heterocycles. The highest BCUT2D eigenvalue weighted by atomic mass is 35.5. The second-order valence-corrected chi connectivity index (χ2v) is 4.67. The van der Waals surface area contributed by atoms with Gasteiger partial charge in [-0.2, -0.15) is 0 Å². The molecule has 0 spiro atoms. The van der Waals surface area contributed by atoms with Crippen molar-refractivity contribution in [2.45, 2.75) is 13.3 Å². The molecule has 0 aliphatic carbocycles. The zero-order valence-electron chi connectivity index (χ0n) is 9.52. The van der Waals surface area contributed by atoms with Gasteiger partial charge in [0.25, 0.3) is 5.91 Å². The second kappa shape index (κ2) is 4.84. The zero-order chi connectivity index (χ0) is 12.4. The Bertz CT molecular complexity index is 444. The maximum Gasteiger partial charge on any atom is 0.272 e. The molecule has 1 saturated heterocycles. The van der Waals surface area contributed by atoms with Gasteiger partial charge in [0.1, 0.15) is 11.5 Å². The number of Topliss-reactive ketones (excluding diaryl/α,β-unsaturated/α-hetero) is 1. The first-order chi connectivity index (χ1) is 8.08. The Morgan fingerprint density at radius 3 is 2.88 bits per heavy atom. The van der Waals surface area contributed by atoms with Gasteiger partial charge in [0.05, 0.1) is 5.02 Å². The number of ketones is 1. The fraction of sp³-hybridized carbons (Fsp3) is 0.417. The molecule has 0 bridgehead atoms. The third kappa shape index (κ3) is 2.64. The summed E-state index contributed by atoms with van der Waals surface area (Å²) < 4.78 is 0. The van der Waals surface area contributed by atoms with Gasteiger partial charge in [0, 0.05) is 31.6 Å². The molecule has 1 atom stereocenters. The lowest BCUT2D eigenvalue weighted by Gasteiger charge is -2.29. The minimum atomic E-state index is -0.138. The van der Waals surface area contributed by atoms with Crippen molar-refractivity contribution < 1.29 is 9.59 Å². The standard InChI is InChI=1S/C12H13ClN2O2/c1-8-7-15(5-4-11(8)16)12(17)10-3-2-9(13)6-14-10/h2-3,6,8H,4-5,7H2,1H3. The molecule has 1 aliphatic rings. The van der Waals surface area contributed by atoms with E-state index in [2.05, 4.69) is 4.98 Å². The minimum Gasteiger partial charge on any atom is -0.336 e. The summed E-state index contributed by atoms with van der Waals surface area (Å²) in [5, 5.41) is 0.503. The molecule has 17 heavy (non-hydrogen) atoms. The van der Waals surface area contributed by atoms with Crippen LogP contribution < -0.4 is 0 Å². The number of likely N-dealkylation sites (tertiary alicyclic amines) is 1. The van der Waals surface area contributed by atoms with Crippen molar-refractivity contribution in [1.29, 1.82) is 0 Å². The van der Waals surface area contributed by atoms with Crippen molar-refractivity contribution in [2.75, 3.05) is 13.1 Å². The molecular weight excluding hydrogens is 240 g/mol. The molecule has 1 aromatic rings. The highest BCUT2D eigenvalue weighted by molar-refractivity contribution is 6.30. The average molecular weight is 253 g/mol.